The SMILES string of the molecule is Cc1ccc(CNC(=O)c2ccc(N)cc2)s1. The quantitative estimate of drug-likeness (QED) is 0.818. The number of nitrogens with two attached hydrogens (primary N) is 1. The van der Waals surface area contributed by atoms with Crippen molar-refractivity contribution < 1.29 is 4.79 Å². The summed E-state index contributed by atoms with van der Waals surface area (Å²) in [5.74, 6) is -0.0731. The standard InChI is InChI=1S/C13H14N2OS/c1-9-2-7-12(17-9)8-15-13(16)10-3-5-11(14)6-4-10/h2-7H,8,14H2,1H3,(H,15,16). The minimum Gasteiger partial charge on any atom is -0.399 e. The van der Waals surface area contributed by atoms with Gasteiger partial charge in [-0.2, -0.15) is 0 Å². The van der Waals surface area contributed by atoms with Crippen molar-refractivity contribution in [1.29, 1.82) is 0 Å². The molecule has 1 amide bonds. The van der Waals surface area contributed by atoms with Crippen molar-refractivity contribution in [2.75, 3.05) is 5.73 Å². The van der Waals surface area contributed by atoms with Crippen molar-refractivity contribution in [2.45, 2.75) is 13.5 Å². The molecule has 0 atom stereocenters. The van der Waals surface area contributed by atoms with E-state index in [0.717, 1.165) is 4.88 Å². The summed E-state index contributed by atoms with van der Waals surface area (Å²) in [6.07, 6.45) is 0. The molecule has 0 aliphatic carbocycles. The number of nitrogens with one attached hydrogen (secondary N) is 1. The topological polar surface area (TPSA) is 55.1 Å². The number of aryl methyl sites for hydroxylation is 1. The zero-order valence-electron chi connectivity index (χ0n) is 9.57. The van der Waals surface area contributed by atoms with E-state index in [1.54, 1.807) is 35.6 Å². The van der Waals surface area contributed by atoms with Crippen molar-refractivity contribution >= 4 is 22.9 Å². The molecule has 0 bridgehead atoms. The van der Waals surface area contributed by atoms with Crippen LogP contribution in [0.2, 0.25) is 0 Å². The normalized spacial score (nSPS) is 10.2. The highest BCUT2D eigenvalue weighted by molar-refractivity contribution is 7.11. The Hall–Kier alpha value is -1.81. The van der Waals surface area contributed by atoms with Gasteiger partial charge in [0.2, 0.25) is 0 Å². The molecule has 17 heavy (non-hydrogen) atoms. The summed E-state index contributed by atoms with van der Waals surface area (Å²) in [6.45, 7) is 2.62. The van der Waals surface area contributed by atoms with E-state index in [-0.39, 0.29) is 5.91 Å². The Bertz CT molecular complexity index is 516. The molecule has 3 nitrogen and oxygen atoms in total. The van der Waals surface area contributed by atoms with Crippen molar-refractivity contribution in [3.05, 3.63) is 51.7 Å². The first-order valence-electron chi connectivity index (χ1n) is 5.34. The zero-order valence-corrected chi connectivity index (χ0v) is 10.4. The molecule has 0 aliphatic rings. The van der Waals surface area contributed by atoms with Crippen LogP contribution in [0.4, 0.5) is 5.69 Å². The van der Waals surface area contributed by atoms with E-state index in [1.165, 1.54) is 4.88 Å². The fraction of sp³-hybridized carbons (Fsp3) is 0.154. The lowest BCUT2D eigenvalue weighted by molar-refractivity contribution is 0.0951. The van der Waals surface area contributed by atoms with Gasteiger partial charge in [-0.15, -0.1) is 11.3 Å². The first-order chi connectivity index (χ1) is 8.15. The van der Waals surface area contributed by atoms with Crippen molar-refractivity contribution in [3.63, 3.8) is 0 Å². The number of hydrogen-bond donors (Lipinski definition) is 2. The van der Waals surface area contributed by atoms with E-state index in [4.69, 9.17) is 5.73 Å². The van der Waals surface area contributed by atoms with Crippen LogP contribution in [0.5, 0.6) is 0 Å². The van der Waals surface area contributed by atoms with Crippen molar-refractivity contribution in [3.8, 4) is 0 Å². The summed E-state index contributed by atoms with van der Waals surface area (Å²) in [7, 11) is 0. The molecule has 0 unspecified atom stereocenters. The largest absolute Gasteiger partial charge is 0.399 e. The van der Waals surface area contributed by atoms with Crippen LogP contribution in [-0.4, -0.2) is 5.91 Å². The first kappa shape index (κ1) is 11.7. The number of amides is 1. The molecule has 1 aromatic heterocycles. The summed E-state index contributed by atoms with van der Waals surface area (Å²) < 4.78 is 0. The number of benzene rings is 1. The third-order valence-corrected chi connectivity index (χ3v) is 3.39. The van der Waals surface area contributed by atoms with Gasteiger partial charge in [-0.05, 0) is 43.3 Å². The zero-order chi connectivity index (χ0) is 12.3. The molecule has 0 spiro atoms. The van der Waals surface area contributed by atoms with E-state index >= 15 is 0 Å². The first-order valence-corrected chi connectivity index (χ1v) is 6.16. The van der Waals surface area contributed by atoms with Crippen LogP contribution >= 0.6 is 11.3 Å². The van der Waals surface area contributed by atoms with Crippen LogP contribution in [0.25, 0.3) is 0 Å². The fourth-order valence-electron chi connectivity index (χ4n) is 1.48. The predicted molar refractivity (Wildman–Crippen MR) is 71.1 cm³/mol. The number of nitrogen functional groups attached to an aromatic ring is 1. The molecule has 4 heteroatoms. The van der Waals surface area contributed by atoms with Crippen LogP contribution in [0, 0.1) is 6.92 Å². The number of carbonyl (C=O) groups excluding carboxylic acids is 1. The highest BCUT2D eigenvalue weighted by atomic mass is 32.1. The van der Waals surface area contributed by atoms with Gasteiger partial charge in [0, 0.05) is 21.0 Å². The van der Waals surface area contributed by atoms with Gasteiger partial charge in [0.05, 0.1) is 6.54 Å². The maximum absolute atomic E-state index is 11.8. The monoisotopic (exact) mass is 246 g/mol. The van der Waals surface area contributed by atoms with Gasteiger partial charge in [-0.25, -0.2) is 0 Å². The fourth-order valence-corrected chi connectivity index (χ4v) is 2.31. The Morgan fingerprint density at radius 3 is 2.53 bits per heavy atom. The van der Waals surface area contributed by atoms with E-state index in [0.29, 0.717) is 17.8 Å². The number of carbonyl (C=O) groups is 1. The van der Waals surface area contributed by atoms with Gasteiger partial charge in [-0.1, -0.05) is 0 Å². The molecule has 0 saturated heterocycles. The Labute approximate surface area is 104 Å². The second-order valence-electron chi connectivity index (χ2n) is 3.82. The third kappa shape index (κ3) is 3.07. The molecule has 1 heterocycles. The molecule has 0 fully saturated rings. The minimum atomic E-state index is -0.0731. The predicted octanol–water partition coefficient (Wildman–Crippen LogP) is 2.57. The molecule has 2 rings (SSSR count). The minimum absolute atomic E-state index is 0.0731. The smallest absolute Gasteiger partial charge is 0.251 e. The van der Waals surface area contributed by atoms with Gasteiger partial charge in [0.15, 0.2) is 0 Å². The summed E-state index contributed by atoms with van der Waals surface area (Å²) in [6, 6.07) is 11.0. The summed E-state index contributed by atoms with van der Waals surface area (Å²) in [5.41, 5.74) is 6.86. The van der Waals surface area contributed by atoms with Crippen LogP contribution < -0.4 is 11.1 Å². The van der Waals surface area contributed by atoms with E-state index in [9.17, 15) is 4.79 Å². The maximum Gasteiger partial charge on any atom is 0.251 e. The molecule has 0 aliphatic heterocycles. The molecule has 0 radical (unpaired) electrons. The van der Waals surface area contributed by atoms with Gasteiger partial charge >= 0.3 is 0 Å². The van der Waals surface area contributed by atoms with E-state index in [2.05, 4.69) is 18.3 Å². The van der Waals surface area contributed by atoms with Crippen molar-refractivity contribution in [2.24, 2.45) is 0 Å². The van der Waals surface area contributed by atoms with Crippen LogP contribution in [0.15, 0.2) is 36.4 Å². The van der Waals surface area contributed by atoms with E-state index in [1.807, 2.05) is 6.07 Å². The second kappa shape index (κ2) is 5.01. The highest BCUT2D eigenvalue weighted by Gasteiger charge is 2.05. The van der Waals surface area contributed by atoms with Gasteiger partial charge in [-0.3, -0.25) is 4.79 Å². The van der Waals surface area contributed by atoms with Gasteiger partial charge in [0.25, 0.3) is 5.91 Å². The molecule has 3 N–H and O–H groups in total. The summed E-state index contributed by atoms with van der Waals surface area (Å²) in [5, 5.41) is 2.88. The second-order valence-corrected chi connectivity index (χ2v) is 5.19. The average molecular weight is 246 g/mol. The van der Waals surface area contributed by atoms with Crippen LogP contribution in [-0.2, 0) is 6.54 Å². The van der Waals surface area contributed by atoms with Crippen LogP contribution in [0.3, 0.4) is 0 Å². The Morgan fingerprint density at radius 1 is 1.24 bits per heavy atom. The molecule has 0 saturated carbocycles. The Balaban J connectivity index is 1.95. The van der Waals surface area contributed by atoms with Gasteiger partial charge < -0.3 is 11.1 Å². The van der Waals surface area contributed by atoms with Crippen molar-refractivity contribution in [1.82, 2.24) is 5.32 Å². The highest BCUT2D eigenvalue weighted by Crippen LogP contribution is 2.14. The number of anilines is 1. The van der Waals surface area contributed by atoms with Crippen LogP contribution in [0.1, 0.15) is 20.1 Å². The third-order valence-electron chi connectivity index (χ3n) is 2.39. The number of rotatable bonds is 3. The average Bonchev–Trinajstić information content (AvgIpc) is 2.73. The molecule has 2 aromatic rings. The molecular formula is C13H14N2OS. The van der Waals surface area contributed by atoms with E-state index < -0.39 is 0 Å². The Morgan fingerprint density at radius 2 is 1.94 bits per heavy atom. The lowest BCUT2D eigenvalue weighted by atomic mass is 10.2. The lowest BCUT2D eigenvalue weighted by Gasteiger charge is -2.03. The lowest BCUT2D eigenvalue weighted by Crippen LogP contribution is -2.22. The van der Waals surface area contributed by atoms with Gasteiger partial charge in [0.1, 0.15) is 0 Å². The molecular weight excluding hydrogens is 232 g/mol. The molecule has 1 aromatic carbocycles. The maximum atomic E-state index is 11.8. The molecule has 88 valence electrons. The Kier molecular flexibility index (Phi) is 3.44. The number of thiophene rings is 1. The number of hydrogen-bond acceptors (Lipinski definition) is 3. The summed E-state index contributed by atoms with van der Waals surface area (Å²) >= 11 is 1.69. The summed E-state index contributed by atoms with van der Waals surface area (Å²) in [4.78, 5) is 14.2.